The molecular formula is C84H100F8N8O8. The SMILES string of the molecule is Fc1cc(F)cc(CN2CCN3CCN(Cc4cc(F)cc(F)c4)CCN(CC2)Cc2ccc(cc2)OCCOCCOCCOc2ccc(cc2)CN2CCN(Cc4cc(F)cc(F)c4)CCN(CCN(Cc4cc(F)cc(F)c4)CC2)Cc2ccc(cc2)OCCOCCOCCOc2ccc(cc2)C3)c1. The van der Waals surface area contributed by atoms with Crippen LogP contribution in [-0.2, 0) is 71.3 Å². The molecule has 16 heterocycles. The van der Waals surface area contributed by atoms with Gasteiger partial charge < -0.3 is 37.9 Å². The normalized spacial score (nSPS) is 20.7. The van der Waals surface area contributed by atoms with Crippen molar-refractivity contribution < 1.29 is 73.0 Å². The highest BCUT2D eigenvalue weighted by molar-refractivity contribution is 5.31. The molecule has 580 valence electrons. The Morgan fingerprint density at radius 2 is 0.370 bits per heavy atom. The first-order chi connectivity index (χ1) is 52.6. The molecule has 0 spiro atoms. The average molecular weight is 1500 g/mol. The average Bonchev–Trinajstić information content (AvgIpc) is 0.831. The lowest BCUT2D eigenvalue weighted by molar-refractivity contribution is 0.0273. The van der Waals surface area contributed by atoms with Crippen molar-refractivity contribution in [3.05, 3.63) is 261 Å². The van der Waals surface area contributed by atoms with E-state index in [2.05, 4.69) is 39.2 Å². The Bertz CT molecular complexity index is 3350. The number of ether oxygens (including phenoxy) is 8. The first-order valence-electron chi connectivity index (χ1n) is 37.4. The summed E-state index contributed by atoms with van der Waals surface area (Å²) in [5.74, 6) is -2.26. The van der Waals surface area contributed by atoms with E-state index in [1.165, 1.54) is 48.5 Å². The van der Waals surface area contributed by atoms with E-state index in [0.29, 0.717) is 282 Å². The molecule has 16 aliphatic heterocycles. The summed E-state index contributed by atoms with van der Waals surface area (Å²) in [7, 11) is 0. The molecule has 0 aromatic heterocycles. The standard InChI is InChI=1S/C84H100F8N8O8/c85-73-45-69(46-74(86)53-73)61-97-25-17-93-18-26-98(62-70-47-75(87)54-76(88)48-70)28-20-94(19-27-97)58-66-3-11-83(12-4-66)107-43-39-103-35-36-104-40-44-108-84-15-7-68(8-16-84)60-96-23-31-99(63-71-49-77(89)55-78(90)50-71)29-21-95(22-30-100(32-24-96)64-72-51-79(91)56-80(92)52-72)59-67-5-13-82(14-6-67)106-42-38-102-34-33-101-37-41-105-81-9-1-65(57-93)2-10-81/h1-16,45-56H,17-44,57-64H2. The molecule has 16 aliphatic rings. The van der Waals surface area contributed by atoms with E-state index >= 15 is 0 Å². The molecule has 24 heteroatoms. The van der Waals surface area contributed by atoms with E-state index in [1.54, 1.807) is 0 Å². The van der Waals surface area contributed by atoms with Crippen LogP contribution in [0.4, 0.5) is 35.1 Å². The number of benzene rings is 8. The van der Waals surface area contributed by atoms with Gasteiger partial charge in [-0.2, -0.15) is 0 Å². The van der Waals surface area contributed by atoms with Gasteiger partial charge in [-0.05, 0) is 142 Å². The number of halogens is 8. The Morgan fingerprint density at radius 3 is 0.546 bits per heavy atom. The molecule has 0 atom stereocenters. The predicted octanol–water partition coefficient (Wildman–Crippen LogP) is 12.7. The van der Waals surface area contributed by atoms with Crippen molar-refractivity contribution in [2.45, 2.75) is 52.4 Å². The fourth-order valence-electron chi connectivity index (χ4n) is 13.6. The van der Waals surface area contributed by atoms with Gasteiger partial charge in [-0.15, -0.1) is 0 Å². The fourth-order valence-corrected chi connectivity index (χ4v) is 13.6. The third-order valence-electron chi connectivity index (χ3n) is 19.2. The largest absolute Gasteiger partial charge is 0.491 e. The van der Waals surface area contributed by atoms with E-state index < -0.39 is 46.5 Å². The molecule has 0 unspecified atom stereocenters. The summed E-state index contributed by atoms with van der Waals surface area (Å²) < 4.78 is 165. The molecule has 8 aromatic rings. The van der Waals surface area contributed by atoms with Crippen molar-refractivity contribution in [3.63, 3.8) is 0 Å². The van der Waals surface area contributed by atoms with Crippen LogP contribution >= 0.6 is 0 Å². The van der Waals surface area contributed by atoms with E-state index in [4.69, 9.17) is 37.9 Å². The molecule has 0 saturated carbocycles. The zero-order valence-corrected chi connectivity index (χ0v) is 61.5. The molecule has 0 N–H and O–H groups in total. The Morgan fingerprint density at radius 1 is 0.204 bits per heavy atom. The van der Waals surface area contributed by atoms with Crippen LogP contribution in [0.5, 0.6) is 23.0 Å². The molecule has 8 aromatic carbocycles. The first-order valence-corrected chi connectivity index (χ1v) is 37.4. The Kier molecular flexibility index (Phi) is 32.5. The second-order valence-electron chi connectivity index (χ2n) is 27.7. The summed E-state index contributed by atoms with van der Waals surface area (Å²) in [5, 5.41) is 0. The van der Waals surface area contributed by atoms with Gasteiger partial charge >= 0.3 is 0 Å². The number of hydrogen-bond donors (Lipinski definition) is 0. The van der Waals surface area contributed by atoms with Gasteiger partial charge in [0.25, 0.3) is 0 Å². The monoisotopic (exact) mass is 1500 g/mol. The zero-order chi connectivity index (χ0) is 75.1. The lowest BCUT2D eigenvalue weighted by atomic mass is 10.1. The van der Waals surface area contributed by atoms with E-state index in [-0.39, 0.29) is 0 Å². The lowest BCUT2D eigenvalue weighted by Crippen LogP contribution is -2.45. The van der Waals surface area contributed by atoms with Crippen LogP contribution in [0, 0.1) is 46.5 Å². The van der Waals surface area contributed by atoms with Crippen molar-refractivity contribution in [2.24, 2.45) is 0 Å². The Hall–Kier alpha value is -8.08. The van der Waals surface area contributed by atoms with Crippen molar-refractivity contribution in [1.29, 1.82) is 0 Å². The van der Waals surface area contributed by atoms with Crippen molar-refractivity contribution >= 4 is 0 Å². The molecule has 16 nitrogen and oxygen atoms in total. The van der Waals surface area contributed by atoms with E-state index in [0.717, 1.165) is 46.5 Å². The molecule has 0 radical (unpaired) electrons. The summed E-state index contributed by atoms with van der Waals surface area (Å²) >= 11 is 0. The molecule has 0 aliphatic carbocycles. The summed E-state index contributed by atoms with van der Waals surface area (Å²) in [5.41, 5.74) is 6.38. The fraction of sp³-hybridized carbons (Fsp3) is 0.429. The second-order valence-corrected chi connectivity index (χ2v) is 27.7. The topological polar surface area (TPSA) is 99.8 Å². The molecule has 2 fully saturated rings. The minimum Gasteiger partial charge on any atom is -0.491 e. The highest BCUT2D eigenvalue weighted by atomic mass is 19.2. The molecule has 24 rings (SSSR count). The minimum absolute atomic E-state index is 0.325. The molecule has 2 saturated heterocycles. The number of hydrogen-bond acceptors (Lipinski definition) is 16. The summed E-state index contributed by atoms with van der Waals surface area (Å²) in [6.07, 6.45) is 0. The summed E-state index contributed by atoms with van der Waals surface area (Å²) in [4.78, 5) is 18.3. The van der Waals surface area contributed by atoms with Gasteiger partial charge in [0.1, 0.15) is 96.0 Å². The van der Waals surface area contributed by atoms with Crippen LogP contribution in [0.25, 0.3) is 0 Å². The maximum absolute atomic E-state index is 14.7. The van der Waals surface area contributed by atoms with Crippen molar-refractivity contribution in [2.75, 3.05) is 184 Å². The highest BCUT2D eigenvalue weighted by Gasteiger charge is 2.23. The number of nitrogens with zero attached hydrogens (tertiary/aromatic N) is 8. The Labute approximate surface area is 629 Å². The van der Waals surface area contributed by atoms with Crippen LogP contribution in [0.1, 0.15) is 44.5 Å². The second kappa shape index (κ2) is 43.3. The molecule has 0 amide bonds. The molecular weight excluding hydrogens is 1400 g/mol. The van der Waals surface area contributed by atoms with Gasteiger partial charge in [-0.1, -0.05) is 48.5 Å². The highest BCUT2D eigenvalue weighted by Crippen LogP contribution is 2.23. The predicted molar refractivity (Wildman–Crippen MR) is 399 cm³/mol. The van der Waals surface area contributed by atoms with E-state index in [1.807, 2.05) is 97.1 Å². The summed E-state index contributed by atoms with van der Waals surface area (Å²) in [6, 6.07) is 46.4. The smallest absolute Gasteiger partial charge is 0.126 e. The number of rotatable bonds is 8. The Balaban J connectivity index is 0.741. The molecule has 12 bridgehead atoms. The zero-order valence-electron chi connectivity index (χ0n) is 61.5. The van der Waals surface area contributed by atoms with Gasteiger partial charge in [-0.25, -0.2) is 35.1 Å². The van der Waals surface area contributed by atoms with Gasteiger partial charge in [-0.3, -0.25) is 39.2 Å². The van der Waals surface area contributed by atoms with Crippen LogP contribution in [0.2, 0.25) is 0 Å². The minimum atomic E-state index is -0.627. The van der Waals surface area contributed by atoms with Crippen LogP contribution in [0.15, 0.2) is 170 Å². The van der Waals surface area contributed by atoms with Gasteiger partial charge in [0.2, 0.25) is 0 Å². The maximum Gasteiger partial charge on any atom is 0.126 e. The third-order valence-corrected chi connectivity index (χ3v) is 19.2. The van der Waals surface area contributed by atoms with Crippen molar-refractivity contribution in [3.8, 4) is 23.0 Å². The first kappa shape index (κ1) is 80.9. The quantitative estimate of drug-likeness (QED) is 0.135. The van der Waals surface area contributed by atoms with Crippen LogP contribution in [-0.4, -0.2) is 223 Å². The summed E-state index contributed by atoms with van der Waals surface area (Å²) in [6.45, 7) is 17.6. The van der Waals surface area contributed by atoms with Gasteiger partial charge in [0.05, 0.1) is 52.9 Å². The van der Waals surface area contributed by atoms with Gasteiger partial charge in [0.15, 0.2) is 0 Å². The van der Waals surface area contributed by atoms with Crippen LogP contribution in [0.3, 0.4) is 0 Å². The van der Waals surface area contributed by atoms with Gasteiger partial charge in [0, 0.05) is 181 Å². The van der Waals surface area contributed by atoms with Crippen LogP contribution < -0.4 is 18.9 Å². The van der Waals surface area contributed by atoms with E-state index in [9.17, 15) is 35.1 Å². The maximum atomic E-state index is 14.7. The lowest BCUT2D eigenvalue weighted by Gasteiger charge is -2.34. The third kappa shape index (κ3) is 29.1. The molecule has 108 heavy (non-hydrogen) atoms. The van der Waals surface area contributed by atoms with Crippen molar-refractivity contribution in [1.82, 2.24) is 39.2 Å².